The Bertz CT molecular complexity index is 519. The monoisotopic (exact) mass is 291 g/mol. The van der Waals surface area contributed by atoms with Crippen LogP contribution in [0.4, 0.5) is 4.79 Å². The van der Waals surface area contributed by atoms with Crippen molar-refractivity contribution >= 4 is 12.0 Å². The number of nitrogens with one attached hydrogen (secondary N) is 1. The summed E-state index contributed by atoms with van der Waals surface area (Å²) in [6.07, 6.45) is 5.69. The quantitative estimate of drug-likeness (QED) is 0.879. The number of aryl methyl sites for hydroxylation is 1. The molecule has 1 aliphatic rings. The van der Waals surface area contributed by atoms with Crippen LogP contribution in [0, 0.1) is 12.8 Å². The number of piperidine rings is 1. The molecule has 2 heterocycles. The molecule has 0 bridgehead atoms. The van der Waals surface area contributed by atoms with E-state index in [0.717, 1.165) is 24.0 Å². The second kappa shape index (κ2) is 7.06. The molecule has 1 aromatic heterocycles. The van der Waals surface area contributed by atoms with E-state index in [1.165, 1.54) is 0 Å². The lowest BCUT2D eigenvalue weighted by molar-refractivity contribution is -0.143. The SMILES string of the molecule is Cc1cnccc1CCNC(=O)N1CCCC(C(=O)O)C1. The van der Waals surface area contributed by atoms with Crippen LogP contribution < -0.4 is 5.32 Å². The van der Waals surface area contributed by atoms with Crippen LogP contribution in [0.1, 0.15) is 24.0 Å². The Balaban J connectivity index is 1.79. The van der Waals surface area contributed by atoms with Crippen molar-refractivity contribution in [3.05, 3.63) is 29.6 Å². The zero-order valence-corrected chi connectivity index (χ0v) is 12.2. The third-order valence-corrected chi connectivity index (χ3v) is 3.86. The van der Waals surface area contributed by atoms with E-state index in [-0.39, 0.29) is 6.03 Å². The number of aromatic nitrogens is 1. The minimum absolute atomic E-state index is 0.173. The van der Waals surface area contributed by atoms with Crippen LogP contribution >= 0.6 is 0 Å². The number of nitrogens with zero attached hydrogens (tertiary/aromatic N) is 2. The predicted molar refractivity (Wildman–Crippen MR) is 78.0 cm³/mol. The molecule has 0 aliphatic carbocycles. The largest absolute Gasteiger partial charge is 0.481 e. The van der Waals surface area contributed by atoms with Gasteiger partial charge in [-0.2, -0.15) is 0 Å². The van der Waals surface area contributed by atoms with Crippen molar-refractivity contribution in [1.29, 1.82) is 0 Å². The number of carbonyl (C=O) groups is 2. The van der Waals surface area contributed by atoms with Gasteiger partial charge in [0.2, 0.25) is 0 Å². The number of amides is 2. The van der Waals surface area contributed by atoms with Crippen molar-refractivity contribution in [2.45, 2.75) is 26.2 Å². The number of hydrogen-bond donors (Lipinski definition) is 2. The van der Waals surface area contributed by atoms with Gasteiger partial charge in [-0.05, 0) is 43.4 Å². The second-order valence-corrected chi connectivity index (χ2v) is 5.41. The molecule has 2 rings (SSSR count). The van der Waals surface area contributed by atoms with Gasteiger partial charge in [-0.15, -0.1) is 0 Å². The highest BCUT2D eigenvalue weighted by molar-refractivity contribution is 5.76. The van der Waals surface area contributed by atoms with Crippen LogP contribution in [0.15, 0.2) is 18.5 Å². The molecular weight excluding hydrogens is 270 g/mol. The first-order valence-corrected chi connectivity index (χ1v) is 7.23. The smallest absolute Gasteiger partial charge is 0.317 e. The maximum atomic E-state index is 12.1. The van der Waals surface area contributed by atoms with Crippen molar-refractivity contribution in [3.63, 3.8) is 0 Å². The first-order valence-electron chi connectivity index (χ1n) is 7.23. The van der Waals surface area contributed by atoms with Gasteiger partial charge in [-0.1, -0.05) is 0 Å². The normalized spacial score (nSPS) is 18.3. The number of urea groups is 1. The number of carbonyl (C=O) groups excluding carboxylic acids is 1. The van der Waals surface area contributed by atoms with E-state index in [9.17, 15) is 9.59 Å². The third-order valence-electron chi connectivity index (χ3n) is 3.86. The third kappa shape index (κ3) is 4.18. The first-order chi connectivity index (χ1) is 10.1. The minimum atomic E-state index is -0.820. The molecule has 2 N–H and O–H groups in total. The fourth-order valence-corrected chi connectivity index (χ4v) is 2.56. The molecule has 1 atom stereocenters. The molecule has 21 heavy (non-hydrogen) atoms. The van der Waals surface area contributed by atoms with E-state index >= 15 is 0 Å². The Labute approximate surface area is 124 Å². The first kappa shape index (κ1) is 15.3. The van der Waals surface area contributed by atoms with Crippen LogP contribution in [0.25, 0.3) is 0 Å². The predicted octanol–water partition coefficient (Wildman–Crippen LogP) is 1.44. The molecule has 1 fully saturated rings. The lowest BCUT2D eigenvalue weighted by Gasteiger charge is -2.30. The molecule has 6 nitrogen and oxygen atoms in total. The van der Waals surface area contributed by atoms with E-state index in [4.69, 9.17) is 5.11 Å². The number of rotatable bonds is 4. The second-order valence-electron chi connectivity index (χ2n) is 5.41. The zero-order valence-electron chi connectivity index (χ0n) is 12.2. The molecule has 0 saturated carbocycles. The van der Waals surface area contributed by atoms with E-state index in [0.29, 0.717) is 26.1 Å². The summed E-state index contributed by atoms with van der Waals surface area (Å²) in [6, 6.07) is 1.77. The van der Waals surface area contributed by atoms with Gasteiger partial charge in [0.05, 0.1) is 5.92 Å². The molecule has 0 radical (unpaired) electrons. The van der Waals surface area contributed by atoms with E-state index in [1.54, 1.807) is 17.3 Å². The Hall–Kier alpha value is -2.11. The summed E-state index contributed by atoms with van der Waals surface area (Å²) < 4.78 is 0. The van der Waals surface area contributed by atoms with Crippen molar-refractivity contribution in [2.75, 3.05) is 19.6 Å². The van der Waals surface area contributed by atoms with Crippen LogP contribution in [0.3, 0.4) is 0 Å². The van der Waals surface area contributed by atoms with Crippen molar-refractivity contribution in [2.24, 2.45) is 5.92 Å². The Kier molecular flexibility index (Phi) is 5.14. The lowest BCUT2D eigenvalue weighted by Crippen LogP contribution is -2.47. The lowest BCUT2D eigenvalue weighted by atomic mass is 9.99. The van der Waals surface area contributed by atoms with Gasteiger partial charge < -0.3 is 15.3 Å². The zero-order chi connectivity index (χ0) is 15.2. The molecule has 6 heteroatoms. The van der Waals surface area contributed by atoms with Crippen molar-refractivity contribution in [3.8, 4) is 0 Å². The molecule has 1 aromatic rings. The van der Waals surface area contributed by atoms with E-state index in [2.05, 4.69) is 10.3 Å². The summed E-state index contributed by atoms with van der Waals surface area (Å²) in [7, 11) is 0. The van der Waals surface area contributed by atoms with Gasteiger partial charge in [0.25, 0.3) is 0 Å². The molecule has 1 unspecified atom stereocenters. The van der Waals surface area contributed by atoms with Crippen molar-refractivity contribution in [1.82, 2.24) is 15.2 Å². The maximum absolute atomic E-state index is 12.1. The highest BCUT2D eigenvalue weighted by Gasteiger charge is 2.27. The minimum Gasteiger partial charge on any atom is -0.481 e. The fraction of sp³-hybridized carbons (Fsp3) is 0.533. The van der Waals surface area contributed by atoms with Gasteiger partial charge >= 0.3 is 12.0 Å². The standard InChI is InChI=1S/C15H21N3O3/c1-11-9-16-6-4-12(11)5-7-17-15(21)18-8-2-3-13(10-18)14(19)20/h4,6,9,13H,2-3,5,7-8,10H2,1H3,(H,17,21)(H,19,20). The van der Waals surface area contributed by atoms with Crippen molar-refractivity contribution < 1.29 is 14.7 Å². The molecule has 1 aliphatic heterocycles. The number of carboxylic acids is 1. The van der Waals surface area contributed by atoms with Crippen LogP contribution in [-0.4, -0.2) is 46.6 Å². The van der Waals surface area contributed by atoms with Crippen LogP contribution in [0.2, 0.25) is 0 Å². The summed E-state index contributed by atoms with van der Waals surface area (Å²) in [5, 5.41) is 11.9. The van der Waals surface area contributed by atoms with Gasteiger partial charge in [0.15, 0.2) is 0 Å². The van der Waals surface area contributed by atoms with Gasteiger partial charge in [-0.25, -0.2) is 4.79 Å². The molecule has 0 aromatic carbocycles. The summed E-state index contributed by atoms with van der Waals surface area (Å²) in [4.78, 5) is 28.7. The van der Waals surface area contributed by atoms with E-state index in [1.807, 2.05) is 13.0 Å². The Morgan fingerprint density at radius 2 is 2.33 bits per heavy atom. The molecule has 2 amide bonds. The molecule has 0 spiro atoms. The number of carboxylic acid groups (broad SMARTS) is 1. The number of aliphatic carboxylic acids is 1. The number of likely N-dealkylation sites (tertiary alicyclic amines) is 1. The Morgan fingerprint density at radius 3 is 3.05 bits per heavy atom. The number of pyridine rings is 1. The van der Waals surface area contributed by atoms with Gasteiger partial charge in [-0.3, -0.25) is 9.78 Å². The fourth-order valence-electron chi connectivity index (χ4n) is 2.56. The molecule has 114 valence electrons. The highest BCUT2D eigenvalue weighted by Crippen LogP contribution is 2.16. The van der Waals surface area contributed by atoms with E-state index < -0.39 is 11.9 Å². The summed E-state index contributed by atoms with van der Waals surface area (Å²) in [6.45, 7) is 3.46. The molecular formula is C15H21N3O3. The summed E-state index contributed by atoms with van der Waals surface area (Å²) in [5.41, 5.74) is 2.27. The number of hydrogen-bond acceptors (Lipinski definition) is 3. The Morgan fingerprint density at radius 1 is 1.52 bits per heavy atom. The average molecular weight is 291 g/mol. The topological polar surface area (TPSA) is 82.5 Å². The average Bonchev–Trinajstić information content (AvgIpc) is 2.49. The highest BCUT2D eigenvalue weighted by atomic mass is 16.4. The van der Waals surface area contributed by atoms with Crippen LogP contribution in [0.5, 0.6) is 0 Å². The molecule has 1 saturated heterocycles. The summed E-state index contributed by atoms with van der Waals surface area (Å²) in [5.74, 6) is -1.26. The van der Waals surface area contributed by atoms with Gasteiger partial charge in [0, 0.05) is 32.0 Å². The summed E-state index contributed by atoms with van der Waals surface area (Å²) >= 11 is 0. The maximum Gasteiger partial charge on any atom is 0.317 e. The van der Waals surface area contributed by atoms with Crippen LogP contribution in [-0.2, 0) is 11.2 Å². The van der Waals surface area contributed by atoms with Gasteiger partial charge in [0.1, 0.15) is 0 Å².